The molecule has 1 fully saturated rings. The van der Waals surface area contributed by atoms with Gasteiger partial charge < -0.3 is 9.88 Å². The third kappa shape index (κ3) is 1.91. The second kappa shape index (κ2) is 4.31. The summed E-state index contributed by atoms with van der Waals surface area (Å²) in [6, 6.07) is 0.559. The molecule has 2 heterocycles. The van der Waals surface area contributed by atoms with Crippen LogP contribution in [-0.2, 0) is 0 Å². The number of rotatable bonds is 3. The van der Waals surface area contributed by atoms with E-state index in [1.54, 1.807) is 0 Å². The van der Waals surface area contributed by atoms with E-state index in [4.69, 9.17) is 0 Å². The van der Waals surface area contributed by atoms with Crippen molar-refractivity contribution in [3.8, 4) is 0 Å². The Morgan fingerprint density at radius 3 is 2.93 bits per heavy atom. The van der Waals surface area contributed by atoms with Crippen molar-refractivity contribution in [1.29, 1.82) is 0 Å². The van der Waals surface area contributed by atoms with Crippen LogP contribution in [0.2, 0.25) is 0 Å². The lowest BCUT2D eigenvalue weighted by Crippen LogP contribution is -2.18. The van der Waals surface area contributed by atoms with Crippen LogP contribution in [0, 0.1) is 6.92 Å². The summed E-state index contributed by atoms with van der Waals surface area (Å²) in [5, 5.41) is 11.9. The van der Waals surface area contributed by atoms with Gasteiger partial charge in [-0.25, -0.2) is 0 Å². The average molecular weight is 208 g/mol. The number of hydrogen-bond donors (Lipinski definition) is 1. The largest absolute Gasteiger partial charge is 0.315 e. The maximum Gasteiger partial charge on any atom is 0.136 e. The fourth-order valence-electron chi connectivity index (χ4n) is 2.22. The first-order chi connectivity index (χ1) is 7.24. The van der Waals surface area contributed by atoms with Crippen molar-refractivity contribution in [3.05, 3.63) is 11.6 Å². The summed E-state index contributed by atoms with van der Waals surface area (Å²) < 4.78 is 2.33. The zero-order valence-electron chi connectivity index (χ0n) is 9.82. The SMILES string of the molecule is CCC(C)c1nnc(C)n1C1CCNC1. The molecule has 84 valence electrons. The van der Waals surface area contributed by atoms with Crippen molar-refractivity contribution in [2.24, 2.45) is 0 Å². The zero-order chi connectivity index (χ0) is 10.8. The van der Waals surface area contributed by atoms with Gasteiger partial charge in [-0.2, -0.15) is 0 Å². The maximum absolute atomic E-state index is 4.32. The van der Waals surface area contributed by atoms with E-state index in [0.717, 1.165) is 31.2 Å². The lowest BCUT2D eigenvalue weighted by molar-refractivity contribution is 0.489. The summed E-state index contributed by atoms with van der Waals surface area (Å²) >= 11 is 0. The Morgan fingerprint density at radius 1 is 1.53 bits per heavy atom. The molecule has 1 saturated heterocycles. The van der Waals surface area contributed by atoms with Crippen LogP contribution in [0.3, 0.4) is 0 Å². The summed E-state index contributed by atoms with van der Waals surface area (Å²) in [5.74, 6) is 2.72. The molecule has 2 unspecified atom stereocenters. The lowest BCUT2D eigenvalue weighted by atomic mass is 10.1. The first-order valence-corrected chi connectivity index (χ1v) is 5.86. The van der Waals surface area contributed by atoms with E-state index >= 15 is 0 Å². The van der Waals surface area contributed by atoms with Crippen LogP contribution in [0.5, 0.6) is 0 Å². The molecule has 4 heteroatoms. The third-order valence-corrected chi connectivity index (χ3v) is 3.35. The van der Waals surface area contributed by atoms with Gasteiger partial charge in [-0.1, -0.05) is 13.8 Å². The van der Waals surface area contributed by atoms with Gasteiger partial charge >= 0.3 is 0 Å². The minimum absolute atomic E-state index is 0.506. The molecule has 1 aromatic heterocycles. The van der Waals surface area contributed by atoms with Crippen LogP contribution < -0.4 is 5.32 Å². The standard InChI is InChI=1S/C11H20N4/c1-4-8(2)11-14-13-9(3)15(11)10-5-6-12-7-10/h8,10,12H,4-7H2,1-3H3. The highest BCUT2D eigenvalue weighted by Gasteiger charge is 2.23. The molecule has 0 spiro atoms. The van der Waals surface area contributed by atoms with E-state index in [2.05, 4.69) is 40.9 Å². The summed E-state index contributed by atoms with van der Waals surface area (Å²) in [4.78, 5) is 0. The summed E-state index contributed by atoms with van der Waals surface area (Å²) in [6.45, 7) is 8.65. The summed E-state index contributed by atoms with van der Waals surface area (Å²) in [7, 11) is 0. The Labute approximate surface area is 91.1 Å². The van der Waals surface area contributed by atoms with Gasteiger partial charge in [-0.3, -0.25) is 0 Å². The highest BCUT2D eigenvalue weighted by atomic mass is 15.3. The minimum Gasteiger partial charge on any atom is -0.315 e. The average Bonchev–Trinajstić information content (AvgIpc) is 2.85. The van der Waals surface area contributed by atoms with Crippen molar-refractivity contribution in [2.45, 2.75) is 45.6 Å². The predicted octanol–water partition coefficient (Wildman–Crippen LogP) is 1.63. The predicted molar refractivity (Wildman–Crippen MR) is 60.0 cm³/mol. The first kappa shape index (κ1) is 10.6. The van der Waals surface area contributed by atoms with Gasteiger partial charge in [0, 0.05) is 12.5 Å². The highest BCUT2D eigenvalue weighted by Crippen LogP contribution is 2.24. The molecule has 0 amide bonds. The van der Waals surface area contributed by atoms with Crippen LogP contribution in [0.1, 0.15) is 50.3 Å². The van der Waals surface area contributed by atoms with Crippen LogP contribution >= 0.6 is 0 Å². The quantitative estimate of drug-likeness (QED) is 0.821. The molecule has 1 aliphatic heterocycles. The van der Waals surface area contributed by atoms with Crippen molar-refractivity contribution >= 4 is 0 Å². The van der Waals surface area contributed by atoms with Gasteiger partial charge in [0.05, 0.1) is 6.04 Å². The van der Waals surface area contributed by atoms with Gasteiger partial charge in [0.2, 0.25) is 0 Å². The van der Waals surface area contributed by atoms with Gasteiger partial charge in [-0.15, -0.1) is 10.2 Å². The van der Waals surface area contributed by atoms with Gasteiger partial charge in [0.15, 0.2) is 0 Å². The molecule has 0 bridgehead atoms. The molecule has 4 nitrogen and oxygen atoms in total. The molecular weight excluding hydrogens is 188 g/mol. The Hall–Kier alpha value is -0.900. The number of aryl methyl sites for hydroxylation is 1. The first-order valence-electron chi connectivity index (χ1n) is 5.86. The van der Waals surface area contributed by atoms with E-state index in [-0.39, 0.29) is 0 Å². The third-order valence-electron chi connectivity index (χ3n) is 3.35. The Bertz CT molecular complexity index is 325. The summed E-state index contributed by atoms with van der Waals surface area (Å²) in [5.41, 5.74) is 0. The van der Waals surface area contributed by atoms with Crippen LogP contribution in [-0.4, -0.2) is 27.9 Å². The van der Waals surface area contributed by atoms with Crippen molar-refractivity contribution in [3.63, 3.8) is 0 Å². The van der Waals surface area contributed by atoms with Crippen molar-refractivity contribution in [2.75, 3.05) is 13.1 Å². The van der Waals surface area contributed by atoms with Crippen molar-refractivity contribution < 1.29 is 0 Å². The van der Waals surface area contributed by atoms with E-state index in [1.807, 2.05) is 0 Å². The molecular formula is C11H20N4. The van der Waals surface area contributed by atoms with Crippen LogP contribution in [0.15, 0.2) is 0 Å². The molecule has 15 heavy (non-hydrogen) atoms. The highest BCUT2D eigenvalue weighted by molar-refractivity contribution is 5.03. The smallest absolute Gasteiger partial charge is 0.136 e. The monoisotopic (exact) mass is 208 g/mol. The van der Waals surface area contributed by atoms with E-state index < -0.39 is 0 Å². The van der Waals surface area contributed by atoms with Gasteiger partial charge in [0.1, 0.15) is 11.6 Å². The molecule has 1 N–H and O–H groups in total. The molecule has 0 aliphatic carbocycles. The number of nitrogens with one attached hydrogen (secondary N) is 1. The Morgan fingerprint density at radius 2 is 2.33 bits per heavy atom. The molecule has 0 saturated carbocycles. The zero-order valence-corrected chi connectivity index (χ0v) is 9.82. The number of nitrogens with zero attached hydrogens (tertiary/aromatic N) is 3. The van der Waals surface area contributed by atoms with Gasteiger partial charge in [-0.05, 0) is 26.3 Å². The second-order valence-corrected chi connectivity index (χ2v) is 4.43. The number of hydrogen-bond acceptors (Lipinski definition) is 3. The van der Waals surface area contributed by atoms with E-state index in [1.165, 1.54) is 6.42 Å². The molecule has 1 aliphatic rings. The normalized spacial score (nSPS) is 23.3. The van der Waals surface area contributed by atoms with E-state index in [0.29, 0.717) is 12.0 Å². The Kier molecular flexibility index (Phi) is 3.05. The molecule has 1 aromatic rings. The molecule has 0 aromatic carbocycles. The Balaban J connectivity index is 2.30. The minimum atomic E-state index is 0.506. The fourth-order valence-corrected chi connectivity index (χ4v) is 2.22. The summed E-state index contributed by atoms with van der Waals surface area (Å²) in [6.07, 6.45) is 2.32. The lowest BCUT2D eigenvalue weighted by Gasteiger charge is -2.17. The number of aromatic nitrogens is 3. The van der Waals surface area contributed by atoms with Crippen LogP contribution in [0.4, 0.5) is 0 Å². The van der Waals surface area contributed by atoms with Crippen LogP contribution in [0.25, 0.3) is 0 Å². The molecule has 2 rings (SSSR count). The maximum atomic E-state index is 4.32. The van der Waals surface area contributed by atoms with Crippen molar-refractivity contribution in [1.82, 2.24) is 20.1 Å². The molecule has 2 atom stereocenters. The van der Waals surface area contributed by atoms with E-state index in [9.17, 15) is 0 Å². The fraction of sp³-hybridized carbons (Fsp3) is 0.818. The van der Waals surface area contributed by atoms with Gasteiger partial charge in [0.25, 0.3) is 0 Å². The molecule has 0 radical (unpaired) electrons. The second-order valence-electron chi connectivity index (χ2n) is 4.43. The topological polar surface area (TPSA) is 42.7 Å².